The van der Waals surface area contributed by atoms with E-state index in [1.54, 1.807) is 11.3 Å². The molecule has 1 fully saturated rings. The topological polar surface area (TPSA) is 49.4 Å². The van der Waals surface area contributed by atoms with Crippen LogP contribution in [-0.2, 0) is 16.3 Å². The fourth-order valence-corrected chi connectivity index (χ4v) is 4.87. The van der Waals surface area contributed by atoms with E-state index in [1.807, 2.05) is 7.05 Å². The molecule has 0 spiro atoms. The van der Waals surface area contributed by atoms with Crippen molar-refractivity contribution >= 4 is 21.2 Å². The molecule has 0 bridgehead atoms. The normalized spacial score (nSPS) is 22.1. The molecule has 1 unspecified atom stereocenters. The van der Waals surface area contributed by atoms with Crippen LogP contribution in [0.5, 0.6) is 0 Å². The molecule has 0 aliphatic carbocycles. The second-order valence-corrected chi connectivity index (χ2v) is 8.38. The smallest absolute Gasteiger partial charge is 0.151 e. The lowest BCUT2D eigenvalue weighted by Crippen LogP contribution is -2.38. The molecule has 0 amide bonds. The first-order valence-corrected chi connectivity index (χ1v) is 9.41. The Kier molecular flexibility index (Phi) is 5.38. The van der Waals surface area contributed by atoms with Crippen LogP contribution in [0.25, 0.3) is 0 Å². The van der Waals surface area contributed by atoms with Gasteiger partial charge in [0.05, 0.1) is 11.5 Å². The summed E-state index contributed by atoms with van der Waals surface area (Å²) in [5.74, 6) is 0.687. The standard InChI is InChI=1S/C13H22N2O2S2/c1-15(12-5-10-19(16,17)11-12)8-7-14-6-4-13-3-2-9-18-13/h2-3,9,12,14H,4-8,10-11H2,1H3. The lowest BCUT2D eigenvalue weighted by atomic mass is 10.2. The van der Waals surface area contributed by atoms with Crippen molar-refractivity contribution in [1.29, 1.82) is 0 Å². The van der Waals surface area contributed by atoms with E-state index in [0.717, 1.165) is 32.5 Å². The monoisotopic (exact) mass is 302 g/mol. The molecule has 1 atom stereocenters. The number of hydrogen-bond donors (Lipinski definition) is 1. The van der Waals surface area contributed by atoms with E-state index in [-0.39, 0.29) is 6.04 Å². The summed E-state index contributed by atoms with van der Waals surface area (Å²) in [6, 6.07) is 4.44. The van der Waals surface area contributed by atoms with Crippen LogP contribution in [-0.4, -0.2) is 57.5 Å². The van der Waals surface area contributed by atoms with E-state index in [0.29, 0.717) is 11.5 Å². The van der Waals surface area contributed by atoms with Crippen molar-refractivity contribution in [3.8, 4) is 0 Å². The first-order valence-electron chi connectivity index (χ1n) is 6.70. The third-order valence-electron chi connectivity index (χ3n) is 3.60. The molecule has 4 nitrogen and oxygen atoms in total. The summed E-state index contributed by atoms with van der Waals surface area (Å²) >= 11 is 1.79. The van der Waals surface area contributed by atoms with Gasteiger partial charge in [-0.25, -0.2) is 8.42 Å². The van der Waals surface area contributed by atoms with E-state index >= 15 is 0 Å². The summed E-state index contributed by atoms with van der Waals surface area (Å²) in [5.41, 5.74) is 0. The Balaban J connectivity index is 1.58. The van der Waals surface area contributed by atoms with Gasteiger partial charge in [-0.05, 0) is 31.3 Å². The number of sulfone groups is 1. The first-order chi connectivity index (χ1) is 9.07. The van der Waals surface area contributed by atoms with Crippen LogP contribution in [0.3, 0.4) is 0 Å². The second-order valence-electron chi connectivity index (χ2n) is 5.12. The molecular weight excluding hydrogens is 280 g/mol. The minimum atomic E-state index is -2.77. The fraction of sp³-hybridized carbons (Fsp3) is 0.692. The molecule has 0 radical (unpaired) electrons. The summed E-state index contributed by atoms with van der Waals surface area (Å²) in [5, 5.41) is 5.52. The molecule has 2 heterocycles. The molecule has 1 N–H and O–H groups in total. The van der Waals surface area contributed by atoms with Gasteiger partial charge in [0.25, 0.3) is 0 Å². The summed E-state index contributed by atoms with van der Waals surface area (Å²) in [7, 11) is -0.746. The van der Waals surface area contributed by atoms with Gasteiger partial charge < -0.3 is 10.2 Å². The number of nitrogens with one attached hydrogen (secondary N) is 1. The Hall–Kier alpha value is -0.430. The minimum Gasteiger partial charge on any atom is -0.315 e. The molecule has 19 heavy (non-hydrogen) atoms. The number of thiophene rings is 1. The number of hydrogen-bond acceptors (Lipinski definition) is 5. The molecule has 1 aliphatic rings. The van der Waals surface area contributed by atoms with Crippen LogP contribution in [0.15, 0.2) is 17.5 Å². The van der Waals surface area contributed by atoms with Crippen molar-refractivity contribution in [2.24, 2.45) is 0 Å². The molecule has 0 saturated carbocycles. The highest BCUT2D eigenvalue weighted by Crippen LogP contribution is 2.15. The third kappa shape index (κ3) is 4.87. The molecule has 2 rings (SSSR count). The van der Waals surface area contributed by atoms with E-state index in [1.165, 1.54) is 4.88 Å². The average molecular weight is 302 g/mol. The van der Waals surface area contributed by atoms with E-state index in [2.05, 4.69) is 27.7 Å². The zero-order valence-corrected chi connectivity index (χ0v) is 13.0. The largest absolute Gasteiger partial charge is 0.315 e. The van der Waals surface area contributed by atoms with Gasteiger partial charge in [-0.15, -0.1) is 11.3 Å². The Bertz CT molecular complexity index is 471. The molecule has 1 saturated heterocycles. The van der Waals surface area contributed by atoms with Crippen molar-refractivity contribution in [2.45, 2.75) is 18.9 Å². The molecule has 0 aromatic carbocycles. The first kappa shape index (κ1) is 15.0. The van der Waals surface area contributed by atoms with Crippen LogP contribution in [0.1, 0.15) is 11.3 Å². The van der Waals surface area contributed by atoms with Gasteiger partial charge in [-0.2, -0.15) is 0 Å². The molecule has 1 aliphatic heterocycles. The summed E-state index contributed by atoms with van der Waals surface area (Å²) in [4.78, 5) is 3.57. The number of rotatable bonds is 7. The molecular formula is C13H22N2O2S2. The highest BCUT2D eigenvalue weighted by molar-refractivity contribution is 7.91. The lowest BCUT2D eigenvalue weighted by Gasteiger charge is -2.23. The Labute approximate surface area is 119 Å². The number of likely N-dealkylation sites (N-methyl/N-ethyl adjacent to an activating group) is 1. The van der Waals surface area contributed by atoms with Crippen molar-refractivity contribution < 1.29 is 8.42 Å². The van der Waals surface area contributed by atoms with E-state index in [9.17, 15) is 8.42 Å². The maximum atomic E-state index is 11.4. The van der Waals surface area contributed by atoms with Crippen LogP contribution >= 0.6 is 11.3 Å². The quantitative estimate of drug-likeness (QED) is 0.764. The second kappa shape index (κ2) is 6.83. The summed E-state index contributed by atoms with van der Waals surface area (Å²) < 4.78 is 22.8. The molecule has 108 valence electrons. The minimum absolute atomic E-state index is 0.212. The van der Waals surface area contributed by atoms with Gasteiger partial charge in [0.1, 0.15) is 0 Å². The molecule has 1 aromatic heterocycles. The Morgan fingerprint density at radius 2 is 2.32 bits per heavy atom. The average Bonchev–Trinajstić information content (AvgIpc) is 2.98. The van der Waals surface area contributed by atoms with Crippen LogP contribution in [0.4, 0.5) is 0 Å². The van der Waals surface area contributed by atoms with Gasteiger partial charge in [-0.1, -0.05) is 6.07 Å². The predicted octanol–water partition coefficient (Wildman–Crippen LogP) is 0.999. The summed E-state index contributed by atoms with van der Waals surface area (Å²) in [6.45, 7) is 2.81. The van der Waals surface area contributed by atoms with Gasteiger partial charge in [0.15, 0.2) is 9.84 Å². The van der Waals surface area contributed by atoms with Crippen molar-refractivity contribution in [2.75, 3.05) is 38.2 Å². The van der Waals surface area contributed by atoms with Crippen molar-refractivity contribution in [3.05, 3.63) is 22.4 Å². The van der Waals surface area contributed by atoms with Gasteiger partial charge in [-0.3, -0.25) is 0 Å². The van der Waals surface area contributed by atoms with Gasteiger partial charge >= 0.3 is 0 Å². The van der Waals surface area contributed by atoms with E-state index in [4.69, 9.17) is 0 Å². The summed E-state index contributed by atoms with van der Waals surface area (Å²) in [6.07, 6.45) is 1.85. The zero-order valence-electron chi connectivity index (χ0n) is 11.3. The lowest BCUT2D eigenvalue weighted by molar-refractivity contribution is 0.262. The van der Waals surface area contributed by atoms with Crippen molar-refractivity contribution in [1.82, 2.24) is 10.2 Å². The predicted molar refractivity (Wildman–Crippen MR) is 80.6 cm³/mol. The van der Waals surface area contributed by atoms with Crippen molar-refractivity contribution in [3.63, 3.8) is 0 Å². The maximum Gasteiger partial charge on any atom is 0.151 e. The molecule has 6 heteroatoms. The highest BCUT2D eigenvalue weighted by Gasteiger charge is 2.30. The third-order valence-corrected chi connectivity index (χ3v) is 6.29. The van der Waals surface area contributed by atoms with Crippen LogP contribution < -0.4 is 5.32 Å². The Morgan fingerprint density at radius 3 is 2.95 bits per heavy atom. The van der Waals surface area contributed by atoms with E-state index < -0.39 is 9.84 Å². The highest BCUT2D eigenvalue weighted by atomic mass is 32.2. The van der Waals surface area contributed by atoms with Crippen LogP contribution in [0.2, 0.25) is 0 Å². The van der Waals surface area contributed by atoms with Gasteiger partial charge in [0, 0.05) is 30.6 Å². The zero-order chi connectivity index (χ0) is 13.7. The van der Waals surface area contributed by atoms with Gasteiger partial charge in [0.2, 0.25) is 0 Å². The SMILES string of the molecule is CN(CCNCCc1cccs1)C1CCS(=O)(=O)C1. The number of nitrogens with zero attached hydrogens (tertiary/aromatic N) is 1. The fourth-order valence-electron chi connectivity index (χ4n) is 2.35. The molecule has 1 aromatic rings. The Morgan fingerprint density at radius 1 is 1.47 bits per heavy atom. The maximum absolute atomic E-state index is 11.4. The van der Waals surface area contributed by atoms with Crippen LogP contribution in [0, 0.1) is 0 Å².